The van der Waals surface area contributed by atoms with Crippen molar-refractivity contribution in [3.05, 3.63) is 0 Å². The van der Waals surface area contributed by atoms with E-state index in [4.69, 9.17) is 14.9 Å². The fourth-order valence-electron chi connectivity index (χ4n) is 2.80. The Balaban J connectivity index is 1.61. The molecule has 2 atom stereocenters. The van der Waals surface area contributed by atoms with Gasteiger partial charge in [0, 0.05) is 13.0 Å². The van der Waals surface area contributed by atoms with E-state index >= 15 is 0 Å². The van der Waals surface area contributed by atoms with Gasteiger partial charge in [-0.3, -0.25) is 4.79 Å². The minimum atomic E-state index is -1.42. The summed E-state index contributed by atoms with van der Waals surface area (Å²) in [6, 6.07) is 0. The highest BCUT2D eigenvalue weighted by Gasteiger charge is 2.44. The predicted octanol–water partition coefficient (Wildman–Crippen LogP) is 0.287. The second-order valence-corrected chi connectivity index (χ2v) is 5.69. The Morgan fingerprint density at radius 3 is 2.68 bits per heavy atom. The third-order valence-electron chi connectivity index (χ3n) is 4.14. The number of carboxylic acid groups (broad SMARTS) is 1. The quantitative estimate of drug-likeness (QED) is 0.645. The molecule has 108 valence electrons. The van der Waals surface area contributed by atoms with Crippen molar-refractivity contribution in [2.45, 2.75) is 50.7 Å². The van der Waals surface area contributed by atoms with E-state index in [1.165, 1.54) is 19.3 Å². The standard InChI is InChI=1S/C13H21NO5/c15-10(12(17)18)2-5-14-11(16)6-9-7-13(8-19-9)3-1-4-13/h9-10,15H,1-8H2,(H,14,16)(H,17,18)/t9?,10-/m0/s1. The summed E-state index contributed by atoms with van der Waals surface area (Å²) in [4.78, 5) is 22.0. The summed E-state index contributed by atoms with van der Waals surface area (Å²) in [7, 11) is 0. The van der Waals surface area contributed by atoms with Crippen LogP contribution in [-0.2, 0) is 14.3 Å². The van der Waals surface area contributed by atoms with E-state index in [0.29, 0.717) is 11.8 Å². The summed E-state index contributed by atoms with van der Waals surface area (Å²) >= 11 is 0. The fraction of sp³-hybridized carbons (Fsp3) is 0.846. The lowest BCUT2D eigenvalue weighted by Gasteiger charge is -2.36. The molecule has 6 nitrogen and oxygen atoms in total. The number of carbonyl (C=O) groups excluding carboxylic acids is 1. The van der Waals surface area contributed by atoms with Crippen molar-refractivity contribution < 1.29 is 24.5 Å². The van der Waals surface area contributed by atoms with Gasteiger partial charge in [0.05, 0.1) is 19.1 Å². The summed E-state index contributed by atoms with van der Waals surface area (Å²) in [5.74, 6) is -1.40. The molecule has 2 rings (SSSR count). The molecule has 0 radical (unpaired) electrons. The van der Waals surface area contributed by atoms with Crippen LogP contribution in [0.2, 0.25) is 0 Å². The van der Waals surface area contributed by atoms with Crippen LogP contribution in [-0.4, -0.2) is 47.4 Å². The first-order valence-corrected chi connectivity index (χ1v) is 6.80. The Morgan fingerprint density at radius 2 is 2.16 bits per heavy atom. The molecular formula is C13H21NO5. The molecule has 1 unspecified atom stereocenters. The molecule has 1 amide bonds. The Morgan fingerprint density at radius 1 is 1.42 bits per heavy atom. The number of carbonyl (C=O) groups is 2. The van der Waals surface area contributed by atoms with Crippen LogP contribution in [0.4, 0.5) is 0 Å². The lowest BCUT2D eigenvalue weighted by Crippen LogP contribution is -2.32. The lowest BCUT2D eigenvalue weighted by molar-refractivity contribution is -0.147. The number of aliphatic carboxylic acids is 1. The first-order valence-electron chi connectivity index (χ1n) is 6.80. The van der Waals surface area contributed by atoms with Gasteiger partial charge < -0.3 is 20.3 Å². The summed E-state index contributed by atoms with van der Waals surface area (Å²) < 4.78 is 5.64. The van der Waals surface area contributed by atoms with Crippen molar-refractivity contribution in [1.29, 1.82) is 0 Å². The normalized spacial score (nSPS) is 25.8. The molecule has 1 saturated carbocycles. The lowest BCUT2D eigenvalue weighted by atomic mass is 9.67. The minimum absolute atomic E-state index is 0.00954. The van der Waals surface area contributed by atoms with Crippen LogP contribution in [0.5, 0.6) is 0 Å². The van der Waals surface area contributed by atoms with E-state index in [1.54, 1.807) is 0 Å². The molecule has 1 saturated heterocycles. The van der Waals surface area contributed by atoms with Crippen molar-refractivity contribution in [2.24, 2.45) is 5.41 Å². The van der Waals surface area contributed by atoms with Crippen molar-refractivity contribution in [1.82, 2.24) is 5.32 Å². The number of aliphatic hydroxyl groups excluding tert-OH is 1. The first-order chi connectivity index (χ1) is 9.01. The molecule has 0 aromatic heterocycles. The van der Waals surface area contributed by atoms with Crippen LogP contribution in [0.15, 0.2) is 0 Å². The maximum Gasteiger partial charge on any atom is 0.332 e. The molecular weight excluding hydrogens is 250 g/mol. The van der Waals surface area contributed by atoms with Crippen LogP contribution in [0.1, 0.15) is 38.5 Å². The minimum Gasteiger partial charge on any atom is -0.479 e. The summed E-state index contributed by atoms with van der Waals surface area (Å²) in [5, 5.41) is 20.2. The van der Waals surface area contributed by atoms with Crippen LogP contribution < -0.4 is 5.32 Å². The molecule has 2 aliphatic rings. The van der Waals surface area contributed by atoms with Crippen molar-refractivity contribution in [3.63, 3.8) is 0 Å². The SMILES string of the molecule is O=C(CC1CC2(CCC2)CO1)NCC[C@H](O)C(=O)O. The second-order valence-electron chi connectivity index (χ2n) is 5.69. The third-order valence-corrected chi connectivity index (χ3v) is 4.14. The third kappa shape index (κ3) is 3.67. The molecule has 2 fully saturated rings. The molecule has 3 N–H and O–H groups in total. The second kappa shape index (κ2) is 5.88. The molecule has 1 aliphatic carbocycles. The van der Waals surface area contributed by atoms with Crippen LogP contribution in [0.25, 0.3) is 0 Å². The summed E-state index contributed by atoms with van der Waals surface area (Å²) in [6.45, 7) is 0.937. The molecule has 0 bridgehead atoms. The fourth-order valence-corrected chi connectivity index (χ4v) is 2.80. The number of ether oxygens (including phenoxy) is 1. The number of nitrogens with one attached hydrogen (secondary N) is 1. The van der Waals surface area contributed by atoms with Gasteiger partial charge in [0.15, 0.2) is 6.10 Å². The highest BCUT2D eigenvalue weighted by Crippen LogP contribution is 2.49. The van der Waals surface area contributed by atoms with Crippen molar-refractivity contribution in [2.75, 3.05) is 13.2 Å². The van der Waals surface area contributed by atoms with Gasteiger partial charge in [0.2, 0.25) is 5.91 Å². The predicted molar refractivity (Wildman–Crippen MR) is 66.5 cm³/mol. The van der Waals surface area contributed by atoms with E-state index in [9.17, 15) is 9.59 Å². The molecule has 1 heterocycles. The van der Waals surface area contributed by atoms with E-state index in [0.717, 1.165) is 13.0 Å². The zero-order chi connectivity index (χ0) is 13.9. The Hall–Kier alpha value is -1.14. The van der Waals surface area contributed by atoms with Gasteiger partial charge in [-0.1, -0.05) is 6.42 Å². The summed E-state index contributed by atoms with van der Waals surface area (Å²) in [6.07, 6.45) is 3.55. The van der Waals surface area contributed by atoms with Crippen LogP contribution in [0, 0.1) is 5.41 Å². The van der Waals surface area contributed by atoms with Crippen LogP contribution >= 0.6 is 0 Å². The zero-order valence-electron chi connectivity index (χ0n) is 10.9. The highest BCUT2D eigenvalue weighted by atomic mass is 16.5. The van der Waals surface area contributed by atoms with Gasteiger partial charge in [0.1, 0.15) is 0 Å². The number of carboxylic acids is 1. The van der Waals surface area contributed by atoms with E-state index in [2.05, 4.69) is 5.32 Å². The van der Waals surface area contributed by atoms with Gasteiger partial charge in [-0.2, -0.15) is 0 Å². The molecule has 6 heteroatoms. The Bertz CT molecular complexity index is 353. The van der Waals surface area contributed by atoms with Gasteiger partial charge >= 0.3 is 5.97 Å². The molecule has 1 spiro atoms. The number of hydrogen-bond donors (Lipinski definition) is 3. The van der Waals surface area contributed by atoms with Gasteiger partial charge in [-0.25, -0.2) is 4.79 Å². The topological polar surface area (TPSA) is 95.9 Å². The largest absolute Gasteiger partial charge is 0.479 e. The van der Waals surface area contributed by atoms with Crippen molar-refractivity contribution >= 4 is 11.9 Å². The number of amides is 1. The Labute approximate surface area is 112 Å². The van der Waals surface area contributed by atoms with Gasteiger partial charge in [0.25, 0.3) is 0 Å². The number of aliphatic hydroxyl groups is 1. The highest BCUT2D eigenvalue weighted by molar-refractivity contribution is 5.76. The number of rotatable bonds is 6. The number of hydrogen-bond acceptors (Lipinski definition) is 4. The first kappa shape index (κ1) is 14.3. The van der Waals surface area contributed by atoms with Crippen molar-refractivity contribution in [3.8, 4) is 0 Å². The smallest absolute Gasteiger partial charge is 0.332 e. The molecule has 19 heavy (non-hydrogen) atoms. The average molecular weight is 271 g/mol. The zero-order valence-corrected chi connectivity index (χ0v) is 10.9. The Kier molecular flexibility index (Phi) is 4.42. The average Bonchev–Trinajstić information content (AvgIpc) is 2.72. The summed E-state index contributed by atoms with van der Waals surface area (Å²) in [5.41, 5.74) is 0.338. The van der Waals surface area contributed by atoms with Gasteiger partial charge in [-0.05, 0) is 24.7 Å². The molecule has 1 aliphatic heterocycles. The van der Waals surface area contributed by atoms with Gasteiger partial charge in [-0.15, -0.1) is 0 Å². The van der Waals surface area contributed by atoms with E-state index < -0.39 is 12.1 Å². The van der Waals surface area contributed by atoms with E-state index in [-0.39, 0.29) is 25.0 Å². The maximum absolute atomic E-state index is 11.6. The maximum atomic E-state index is 11.6. The van der Waals surface area contributed by atoms with E-state index in [1.807, 2.05) is 0 Å². The monoisotopic (exact) mass is 271 g/mol. The van der Waals surface area contributed by atoms with Crippen LogP contribution in [0.3, 0.4) is 0 Å². The molecule has 0 aromatic carbocycles. The molecule has 0 aromatic rings.